The van der Waals surface area contributed by atoms with Gasteiger partial charge in [0.05, 0.1) is 5.92 Å². The van der Waals surface area contributed by atoms with Crippen molar-refractivity contribution in [3.63, 3.8) is 0 Å². The molecule has 1 amide bonds. The van der Waals surface area contributed by atoms with Crippen LogP contribution in [-0.4, -0.2) is 11.9 Å². The Morgan fingerprint density at radius 1 is 1.14 bits per heavy atom. The summed E-state index contributed by atoms with van der Waals surface area (Å²) in [5.74, 6) is -1.04. The van der Waals surface area contributed by atoms with Crippen LogP contribution in [0, 0.1) is 5.41 Å². The molecule has 2 aromatic rings. The van der Waals surface area contributed by atoms with Crippen molar-refractivity contribution in [2.75, 3.05) is 0 Å². The van der Waals surface area contributed by atoms with Crippen molar-refractivity contribution in [2.45, 2.75) is 12.3 Å². The van der Waals surface area contributed by atoms with Gasteiger partial charge >= 0.3 is 0 Å². The lowest BCUT2D eigenvalue weighted by Gasteiger charge is -2.17. The molecule has 1 unspecified atom stereocenters. The van der Waals surface area contributed by atoms with E-state index >= 15 is 0 Å². The molecule has 6 heteroatoms. The maximum absolute atomic E-state index is 12.3. The number of carbonyl (C=O) groups excluding carboxylic acids is 1. The number of hydrogen-bond acceptors (Lipinski definition) is 2. The van der Waals surface area contributed by atoms with Crippen LogP contribution in [0.3, 0.4) is 0 Å². The van der Waals surface area contributed by atoms with Gasteiger partial charge in [-0.3, -0.25) is 15.5 Å². The lowest BCUT2D eigenvalue weighted by atomic mass is 9.91. The van der Waals surface area contributed by atoms with E-state index in [9.17, 15) is 4.79 Å². The Morgan fingerprint density at radius 3 is 2.27 bits per heavy atom. The Bertz CT molecular complexity index is 630. The van der Waals surface area contributed by atoms with Crippen LogP contribution < -0.4 is 11.1 Å². The van der Waals surface area contributed by atoms with Crippen LogP contribution in [0.15, 0.2) is 54.6 Å². The molecule has 0 saturated heterocycles. The van der Waals surface area contributed by atoms with Gasteiger partial charge in [-0.2, -0.15) is 0 Å². The van der Waals surface area contributed by atoms with E-state index in [1.807, 2.05) is 42.5 Å². The van der Waals surface area contributed by atoms with Crippen LogP contribution in [-0.2, 0) is 11.2 Å². The summed E-state index contributed by atoms with van der Waals surface area (Å²) in [6.45, 7) is 0. The normalized spacial score (nSPS) is 11.1. The van der Waals surface area contributed by atoms with Gasteiger partial charge in [-0.05, 0) is 29.7 Å². The van der Waals surface area contributed by atoms with Crippen molar-refractivity contribution < 1.29 is 4.79 Å². The summed E-state index contributed by atoms with van der Waals surface area (Å²) >= 11 is 5.87. The van der Waals surface area contributed by atoms with Crippen molar-refractivity contribution in [2.24, 2.45) is 5.73 Å². The SMILES string of the molecule is Cl.N=C(N)NC(=O)C(Cc1ccc(Cl)cc1)c1ccccc1. The highest BCUT2D eigenvalue weighted by atomic mass is 35.5. The van der Waals surface area contributed by atoms with Gasteiger partial charge < -0.3 is 5.73 Å². The molecule has 0 aliphatic carbocycles. The van der Waals surface area contributed by atoms with Crippen LogP contribution in [0.5, 0.6) is 0 Å². The largest absolute Gasteiger partial charge is 0.370 e. The molecule has 0 aromatic heterocycles. The lowest BCUT2D eigenvalue weighted by Crippen LogP contribution is -2.39. The molecule has 0 aliphatic rings. The number of amides is 1. The van der Waals surface area contributed by atoms with Crippen molar-refractivity contribution >= 4 is 35.9 Å². The van der Waals surface area contributed by atoms with E-state index in [-0.39, 0.29) is 24.3 Å². The highest BCUT2D eigenvalue weighted by Crippen LogP contribution is 2.22. The predicted molar refractivity (Wildman–Crippen MR) is 91.6 cm³/mol. The molecule has 0 saturated carbocycles. The predicted octanol–water partition coefficient (Wildman–Crippen LogP) is 3.10. The molecule has 0 spiro atoms. The van der Waals surface area contributed by atoms with E-state index in [1.54, 1.807) is 12.1 Å². The highest BCUT2D eigenvalue weighted by Gasteiger charge is 2.21. The fourth-order valence-corrected chi connectivity index (χ4v) is 2.25. The third-order valence-electron chi connectivity index (χ3n) is 3.13. The Hall–Kier alpha value is -2.04. The van der Waals surface area contributed by atoms with E-state index in [1.165, 1.54) is 0 Å². The number of guanidine groups is 1. The van der Waals surface area contributed by atoms with E-state index in [0.717, 1.165) is 11.1 Å². The quantitative estimate of drug-likeness (QED) is 0.592. The molecule has 0 radical (unpaired) electrons. The zero-order valence-electron chi connectivity index (χ0n) is 11.8. The first-order valence-corrected chi connectivity index (χ1v) is 6.88. The standard InChI is InChI=1S/C16H16ClN3O.ClH/c17-13-8-6-11(7-9-13)10-14(15(21)20-16(18)19)12-4-2-1-3-5-12;/h1-9,14H,10H2,(H4,18,19,20,21);1H. The van der Waals surface area contributed by atoms with Crippen LogP contribution in [0.25, 0.3) is 0 Å². The zero-order valence-corrected chi connectivity index (χ0v) is 13.3. The average Bonchev–Trinajstić information content (AvgIpc) is 2.46. The van der Waals surface area contributed by atoms with Crippen LogP contribution in [0.4, 0.5) is 0 Å². The van der Waals surface area contributed by atoms with E-state index in [4.69, 9.17) is 22.7 Å². The fourth-order valence-electron chi connectivity index (χ4n) is 2.12. The maximum Gasteiger partial charge on any atom is 0.234 e. The van der Waals surface area contributed by atoms with E-state index in [0.29, 0.717) is 11.4 Å². The third kappa shape index (κ3) is 5.06. The van der Waals surface area contributed by atoms with E-state index < -0.39 is 5.92 Å². The number of nitrogens with two attached hydrogens (primary N) is 1. The molecule has 0 heterocycles. The number of halogens is 2. The average molecular weight is 338 g/mol. The third-order valence-corrected chi connectivity index (χ3v) is 3.38. The summed E-state index contributed by atoms with van der Waals surface area (Å²) in [7, 11) is 0. The van der Waals surface area contributed by atoms with Crippen molar-refractivity contribution in [1.82, 2.24) is 5.32 Å². The second-order valence-corrected chi connectivity index (χ2v) is 5.13. The van der Waals surface area contributed by atoms with Gasteiger partial charge in [-0.15, -0.1) is 12.4 Å². The Kier molecular flexibility index (Phi) is 6.89. The first-order valence-electron chi connectivity index (χ1n) is 6.50. The molecule has 0 fully saturated rings. The molecule has 0 aliphatic heterocycles. The number of nitrogens with one attached hydrogen (secondary N) is 2. The first kappa shape index (κ1) is 18.0. The Balaban J connectivity index is 0.00000242. The summed E-state index contributed by atoms with van der Waals surface area (Å²) in [5, 5.41) is 10.2. The van der Waals surface area contributed by atoms with Crippen molar-refractivity contribution in [3.8, 4) is 0 Å². The second-order valence-electron chi connectivity index (χ2n) is 4.70. The molecule has 0 bridgehead atoms. The van der Waals surface area contributed by atoms with Crippen molar-refractivity contribution in [3.05, 3.63) is 70.7 Å². The zero-order chi connectivity index (χ0) is 15.2. The molecule has 1 atom stereocenters. The van der Waals surface area contributed by atoms with Gasteiger partial charge in [-0.25, -0.2) is 0 Å². The van der Waals surface area contributed by atoms with Gasteiger partial charge in [0.1, 0.15) is 0 Å². The van der Waals surface area contributed by atoms with Gasteiger partial charge in [0.25, 0.3) is 0 Å². The van der Waals surface area contributed by atoms with Gasteiger partial charge in [-0.1, -0.05) is 54.1 Å². The Labute approximate surface area is 140 Å². The minimum absolute atomic E-state index is 0. The minimum Gasteiger partial charge on any atom is -0.370 e. The molecular weight excluding hydrogens is 321 g/mol. The number of rotatable bonds is 4. The number of benzene rings is 2. The number of hydrogen-bond donors (Lipinski definition) is 3. The van der Waals surface area contributed by atoms with Gasteiger partial charge in [0, 0.05) is 5.02 Å². The van der Waals surface area contributed by atoms with Crippen molar-refractivity contribution in [1.29, 1.82) is 5.41 Å². The van der Waals surface area contributed by atoms with Crippen LogP contribution >= 0.6 is 24.0 Å². The topological polar surface area (TPSA) is 79.0 Å². The van der Waals surface area contributed by atoms with Gasteiger partial charge in [0.2, 0.25) is 5.91 Å². The molecular formula is C16H17Cl2N3O. The summed E-state index contributed by atoms with van der Waals surface area (Å²) in [4.78, 5) is 12.3. The maximum atomic E-state index is 12.3. The summed E-state index contributed by atoms with van der Waals surface area (Å²) in [6.07, 6.45) is 0.514. The number of carbonyl (C=O) groups is 1. The first-order chi connectivity index (χ1) is 10.1. The minimum atomic E-state index is -0.406. The summed E-state index contributed by atoms with van der Waals surface area (Å²) in [6, 6.07) is 16.8. The molecule has 4 N–H and O–H groups in total. The monoisotopic (exact) mass is 337 g/mol. The van der Waals surface area contributed by atoms with Crippen LogP contribution in [0.1, 0.15) is 17.0 Å². The Morgan fingerprint density at radius 2 is 1.73 bits per heavy atom. The second kappa shape index (κ2) is 8.41. The smallest absolute Gasteiger partial charge is 0.234 e. The molecule has 2 aromatic carbocycles. The summed E-state index contributed by atoms with van der Waals surface area (Å²) < 4.78 is 0. The molecule has 22 heavy (non-hydrogen) atoms. The highest BCUT2D eigenvalue weighted by molar-refractivity contribution is 6.30. The molecule has 116 valence electrons. The molecule has 2 rings (SSSR count). The summed E-state index contributed by atoms with van der Waals surface area (Å²) in [5.41, 5.74) is 7.13. The van der Waals surface area contributed by atoms with Crippen LogP contribution in [0.2, 0.25) is 5.02 Å². The lowest BCUT2D eigenvalue weighted by molar-refractivity contribution is -0.121. The van der Waals surface area contributed by atoms with E-state index in [2.05, 4.69) is 5.32 Å². The van der Waals surface area contributed by atoms with Gasteiger partial charge in [0.15, 0.2) is 5.96 Å². The molecule has 4 nitrogen and oxygen atoms in total. The fraction of sp³-hybridized carbons (Fsp3) is 0.125.